The number of benzene rings is 1. The summed E-state index contributed by atoms with van der Waals surface area (Å²) < 4.78 is 0. The van der Waals surface area contributed by atoms with Crippen LogP contribution in [0.25, 0.3) is 0 Å². The molecule has 0 saturated heterocycles. The van der Waals surface area contributed by atoms with Gasteiger partial charge in [0.1, 0.15) is 0 Å². The van der Waals surface area contributed by atoms with Gasteiger partial charge in [0.25, 0.3) is 0 Å². The summed E-state index contributed by atoms with van der Waals surface area (Å²) in [7, 11) is 0. The minimum absolute atomic E-state index is 0. The van der Waals surface area contributed by atoms with Crippen molar-refractivity contribution in [1.29, 1.82) is 0 Å². The molecule has 1 rings (SSSR count). The predicted octanol–water partition coefficient (Wildman–Crippen LogP) is 2.31. The van der Waals surface area contributed by atoms with Gasteiger partial charge >= 0.3 is 0 Å². The van der Waals surface area contributed by atoms with E-state index in [4.69, 9.17) is 5.73 Å². The minimum Gasteiger partial charge on any atom is -0.328 e. The Bertz CT molecular complexity index is 233. The van der Waals surface area contributed by atoms with E-state index in [0.717, 1.165) is 6.42 Å². The van der Waals surface area contributed by atoms with Gasteiger partial charge in [-0.2, -0.15) is 0 Å². The van der Waals surface area contributed by atoms with E-state index in [1.807, 2.05) is 6.92 Å². The summed E-state index contributed by atoms with van der Waals surface area (Å²) in [6.07, 6.45) is 0.979. The van der Waals surface area contributed by atoms with E-state index in [9.17, 15) is 0 Å². The van der Waals surface area contributed by atoms with Gasteiger partial charge < -0.3 is 5.73 Å². The van der Waals surface area contributed by atoms with Gasteiger partial charge in [0.15, 0.2) is 0 Å². The molecule has 0 amide bonds. The lowest BCUT2D eigenvalue weighted by Crippen LogP contribution is -2.18. The van der Waals surface area contributed by atoms with Crippen LogP contribution in [0, 0.1) is 6.92 Å². The van der Waals surface area contributed by atoms with Gasteiger partial charge in [-0.3, -0.25) is 0 Å². The molecule has 0 aliphatic heterocycles. The van der Waals surface area contributed by atoms with Gasteiger partial charge in [0.2, 0.25) is 0 Å². The van der Waals surface area contributed by atoms with E-state index in [1.165, 1.54) is 11.1 Å². The fraction of sp³-hybridized carbons (Fsp3) is 0.400. The Labute approximate surface area is 80.4 Å². The smallest absolute Gasteiger partial charge is 0.00510 e. The molecule has 0 heterocycles. The maximum atomic E-state index is 5.69. The molecule has 1 nitrogen and oxygen atoms in total. The van der Waals surface area contributed by atoms with Crippen LogP contribution in [-0.2, 0) is 6.42 Å². The largest absolute Gasteiger partial charge is 0.328 e. The number of rotatable bonds is 2. The van der Waals surface area contributed by atoms with E-state index in [1.54, 1.807) is 0 Å². The van der Waals surface area contributed by atoms with Crippen LogP contribution in [-0.4, -0.2) is 6.04 Å². The van der Waals surface area contributed by atoms with Crippen molar-refractivity contribution >= 4 is 12.4 Å². The first kappa shape index (κ1) is 11.5. The summed E-state index contributed by atoms with van der Waals surface area (Å²) in [6, 6.07) is 8.64. The van der Waals surface area contributed by atoms with E-state index in [2.05, 4.69) is 31.2 Å². The second-order valence-electron chi connectivity index (χ2n) is 3.11. The molecule has 0 aromatic heterocycles. The van der Waals surface area contributed by atoms with Gasteiger partial charge in [-0.05, 0) is 31.4 Å². The molecule has 0 spiro atoms. The summed E-state index contributed by atoms with van der Waals surface area (Å²) in [5, 5.41) is 0. The van der Waals surface area contributed by atoms with Gasteiger partial charge in [0, 0.05) is 6.04 Å². The van der Waals surface area contributed by atoms with Crippen LogP contribution in [0.5, 0.6) is 0 Å². The normalized spacial score (nSPS) is 11.9. The first-order valence-electron chi connectivity index (χ1n) is 4.00. The summed E-state index contributed by atoms with van der Waals surface area (Å²) in [5.41, 5.74) is 8.39. The van der Waals surface area contributed by atoms with E-state index >= 15 is 0 Å². The zero-order valence-corrected chi connectivity index (χ0v) is 8.40. The van der Waals surface area contributed by atoms with Crippen LogP contribution in [0.1, 0.15) is 18.1 Å². The molecule has 68 valence electrons. The molecular weight excluding hydrogens is 170 g/mol. The summed E-state index contributed by atoms with van der Waals surface area (Å²) >= 11 is 0. The fourth-order valence-electron chi connectivity index (χ4n) is 1.19. The fourth-order valence-corrected chi connectivity index (χ4v) is 1.19. The number of nitrogens with two attached hydrogens (primary N) is 1. The zero-order valence-electron chi connectivity index (χ0n) is 7.58. The number of aryl methyl sites for hydroxylation is 1. The second kappa shape index (κ2) is 5.18. The van der Waals surface area contributed by atoms with Crippen molar-refractivity contribution in [2.24, 2.45) is 5.73 Å². The van der Waals surface area contributed by atoms with Crippen molar-refractivity contribution in [3.63, 3.8) is 0 Å². The van der Waals surface area contributed by atoms with Crippen LogP contribution in [0.4, 0.5) is 0 Å². The molecule has 1 unspecified atom stereocenters. The molecule has 1 aromatic rings. The van der Waals surface area contributed by atoms with Crippen LogP contribution in [0.15, 0.2) is 24.3 Å². The monoisotopic (exact) mass is 185 g/mol. The van der Waals surface area contributed by atoms with Crippen molar-refractivity contribution < 1.29 is 0 Å². The van der Waals surface area contributed by atoms with Gasteiger partial charge in [-0.1, -0.05) is 24.3 Å². The van der Waals surface area contributed by atoms with Crippen molar-refractivity contribution in [3.8, 4) is 0 Å². The quantitative estimate of drug-likeness (QED) is 0.752. The highest BCUT2D eigenvalue weighted by atomic mass is 35.5. The van der Waals surface area contributed by atoms with Crippen LogP contribution in [0.2, 0.25) is 0 Å². The molecule has 0 aliphatic carbocycles. The van der Waals surface area contributed by atoms with Crippen molar-refractivity contribution in [3.05, 3.63) is 35.4 Å². The van der Waals surface area contributed by atoms with Gasteiger partial charge in [-0.15, -0.1) is 12.4 Å². The van der Waals surface area contributed by atoms with Crippen LogP contribution >= 0.6 is 12.4 Å². The number of halogens is 1. The maximum Gasteiger partial charge on any atom is 0.00510 e. The van der Waals surface area contributed by atoms with Crippen molar-refractivity contribution in [2.45, 2.75) is 26.3 Å². The molecule has 0 bridgehead atoms. The molecule has 1 aromatic carbocycles. The average molecular weight is 186 g/mol. The number of hydrogen-bond acceptors (Lipinski definition) is 1. The lowest BCUT2D eigenvalue weighted by Gasteiger charge is -2.07. The van der Waals surface area contributed by atoms with E-state index in [-0.39, 0.29) is 18.4 Å². The highest BCUT2D eigenvalue weighted by Gasteiger charge is 1.99. The maximum absolute atomic E-state index is 5.69. The molecule has 0 aliphatic rings. The topological polar surface area (TPSA) is 26.0 Å². The van der Waals surface area contributed by atoms with Crippen molar-refractivity contribution in [2.75, 3.05) is 0 Å². The third-order valence-corrected chi connectivity index (χ3v) is 1.80. The Hall–Kier alpha value is -0.530. The van der Waals surface area contributed by atoms with Crippen LogP contribution < -0.4 is 5.73 Å². The van der Waals surface area contributed by atoms with Gasteiger partial charge in [0.05, 0.1) is 0 Å². The summed E-state index contributed by atoms with van der Waals surface area (Å²) in [4.78, 5) is 0. The summed E-state index contributed by atoms with van der Waals surface area (Å²) in [5.74, 6) is 0. The minimum atomic E-state index is 0. The molecular formula is C10H16ClN. The molecule has 2 heteroatoms. The predicted molar refractivity (Wildman–Crippen MR) is 55.8 cm³/mol. The lowest BCUT2D eigenvalue weighted by molar-refractivity contribution is 0.735. The molecule has 12 heavy (non-hydrogen) atoms. The molecule has 1 atom stereocenters. The molecule has 0 radical (unpaired) electrons. The highest BCUT2D eigenvalue weighted by Crippen LogP contribution is 2.08. The second-order valence-corrected chi connectivity index (χ2v) is 3.11. The average Bonchev–Trinajstić information content (AvgIpc) is 1.93. The highest BCUT2D eigenvalue weighted by molar-refractivity contribution is 5.85. The Morgan fingerprint density at radius 3 is 2.42 bits per heavy atom. The Kier molecular flexibility index (Phi) is 4.95. The Morgan fingerprint density at radius 2 is 1.92 bits per heavy atom. The van der Waals surface area contributed by atoms with Crippen LogP contribution in [0.3, 0.4) is 0 Å². The van der Waals surface area contributed by atoms with Gasteiger partial charge in [-0.25, -0.2) is 0 Å². The number of hydrogen-bond donors (Lipinski definition) is 1. The van der Waals surface area contributed by atoms with E-state index in [0.29, 0.717) is 0 Å². The van der Waals surface area contributed by atoms with E-state index < -0.39 is 0 Å². The van der Waals surface area contributed by atoms with Crippen molar-refractivity contribution in [1.82, 2.24) is 0 Å². The molecule has 0 fully saturated rings. The summed E-state index contributed by atoms with van der Waals surface area (Å²) in [6.45, 7) is 4.16. The first-order chi connectivity index (χ1) is 5.20. The lowest BCUT2D eigenvalue weighted by atomic mass is 10.0. The zero-order chi connectivity index (χ0) is 8.27. The third-order valence-electron chi connectivity index (χ3n) is 1.80. The Balaban J connectivity index is 0.00000121. The molecule has 0 saturated carbocycles. The molecule has 2 N–H and O–H groups in total. The SMILES string of the molecule is Cc1ccccc1CC(C)N.Cl. The third kappa shape index (κ3) is 3.24. The standard InChI is InChI=1S/C10H15N.ClH/c1-8-5-3-4-6-10(8)7-9(2)11;/h3-6,9H,7,11H2,1-2H3;1H. The Morgan fingerprint density at radius 1 is 1.33 bits per heavy atom. The first-order valence-corrected chi connectivity index (χ1v) is 4.00.